The first-order valence-electron chi connectivity index (χ1n) is 5.20. The Bertz CT molecular complexity index is 465. The quantitative estimate of drug-likeness (QED) is 0.772. The van der Waals surface area contributed by atoms with Gasteiger partial charge in [0.25, 0.3) is 0 Å². The van der Waals surface area contributed by atoms with Crippen LogP contribution >= 0.6 is 0 Å². The molecule has 0 spiro atoms. The molecule has 0 bridgehead atoms. The normalized spacial score (nSPS) is 11.6. The summed E-state index contributed by atoms with van der Waals surface area (Å²) in [5.41, 5.74) is 6.63. The summed E-state index contributed by atoms with van der Waals surface area (Å²) in [4.78, 5) is 12.8. The van der Waals surface area contributed by atoms with E-state index in [1.165, 1.54) is 6.07 Å². The average Bonchev–Trinajstić information content (AvgIpc) is 2.28. The number of nitrogens with zero attached hydrogens (tertiary/aromatic N) is 2. The predicted octanol–water partition coefficient (Wildman–Crippen LogP) is 1.71. The van der Waals surface area contributed by atoms with Gasteiger partial charge in [0.15, 0.2) is 0 Å². The van der Waals surface area contributed by atoms with Crippen molar-refractivity contribution < 1.29 is 9.90 Å². The minimum Gasteiger partial charge on any atom is -0.478 e. The fourth-order valence-corrected chi connectivity index (χ4v) is 1.47. The summed E-state index contributed by atoms with van der Waals surface area (Å²) < 4.78 is 0. The fraction of sp³-hybridized carbons (Fsp3) is 0.333. The van der Waals surface area contributed by atoms with Gasteiger partial charge in [0, 0.05) is 24.5 Å². The van der Waals surface area contributed by atoms with Crippen LogP contribution in [0.2, 0.25) is 0 Å². The molecule has 0 heterocycles. The van der Waals surface area contributed by atoms with Gasteiger partial charge in [-0.1, -0.05) is 0 Å². The molecule has 5 nitrogen and oxygen atoms in total. The van der Waals surface area contributed by atoms with Gasteiger partial charge < -0.3 is 15.7 Å². The number of aromatic carboxylic acids is 1. The second kappa shape index (κ2) is 5.21. The zero-order valence-corrected chi connectivity index (χ0v) is 9.84. The topological polar surface area (TPSA) is 90.4 Å². The van der Waals surface area contributed by atoms with Crippen molar-refractivity contribution in [3.05, 3.63) is 23.8 Å². The van der Waals surface area contributed by atoms with E-state index in [9.17, 15) is 4.79 Å². The Labute approximate surface area is 100 Å². The summed E-state index contributed by atoms with van der Waals surface area (Å²) in [6.45, 7) is 1.90. The molecule has 0 aliphatic carbocycles. The number of nitrogens with two attached hydrogens (primary N) is 1. The van der Waals surface area contributed by atoms with Gasteiger partial charge in [-0.05, 0) is 25.1 Å². The molecule has 0 aliphatic rings. The van der Waals surface area contributed by atoms with E-state index in [4.69, 9.17) is 16.1 Å². The van der Waals surface area contributed by atoms with Crippen molar-refractivity contribution in [2.24, 2.45) is 0 Å². The van der Waals surface area contributed by atoms with Crippen LogP contribution in [-0.4, -0.2) is 24.2 Å². The van der Waals surface area contributed by atoms with E-state index in [0.717, 1.165) is 5.69 Å². The Morgan fingerprint density at radius 3 is 2.82 bits per heavy atom. The van der Waals surface area contributed by atoms with Gasteiger partial charge >= 0.3 is 5.97 Å². The Kier molecular flexibility index (Phi) is 3.94. The van der Waals surface area contributed by atoms with Gasteiger partial charge in [-0.25, -0.2) is 4.79 Å². The highest BCUT2D eigenvalue weighted by Gasteiger charge is 2.13. The predicted molar refractivity (Wildman–Crippen MR) is 65.9 cm³/mol. The van der Waals surface area contributed by atoms with Crippen LogP contribution < -0.4 is 10.6 Å². The van der Waals surface area contributed by atoms with E-state index < -0.39 is 5.97 Å². The van der Waals surface area contributed by atoms with Crippen LogP contribution in [0.15, 0.2) is 18.2 Å². The lowest BCUT2D eigenvalue weighted by molar-refractivity contribution is 0.0698. The highest BCUT2D eigenvalue weighted by molar-refractivity contribution is 5.94. The lowest BCUT2D eigenvalue weighted by Gasteiger charge is -2.25. The molecule has 90 valence electrons. The summed E-state index contributed by atoms with van der Waals surface area (Å²) in [6.07, 6.45) is 0.378. The first-order chi connectivity index (χ1) is 7.97. The van der Waals surface area contributed by atoms with Crippen molar-refractivity contribution >= 4 is 17.3 Å². The van der Waals surface area contributed by atoms with Crippen molar-refractivity contribution in [3.63, 3.8) is 0 Å². The van der Waals surface area contributed by atoms with Crippen molar-refractivity contribution in [1.82, 2.24) is 0 Å². The van der Waals surface area contributed by atoms with Gasteiger partial charge in [0.05, 0.1) is 18.1 Å². The van der Waals surface area contributed by atoms with Crippen LogP contribution in [0.5, 0.6) is 0 Å². The van der Waals surface area contributed by atoms with Gasteiger partial charge in [0.2, 0.25) is 0 Å². The van der Waals surface area contributed by atoms with Crippen molar-refractivity contribution in [3.8, 4) is 6.07 Å². The number of nitrogen functional groups attached to an aromatic ring is 1. The van der Waals surface area contributed by atoms with Gasteiger partial charge in [-0.15, -0.1) is 0 Å². The van der Waals surface area contributed by atoms with Crippen LogP contribution in [0, 0.1) is 11.3 Å². The average molecular weight is 233 g/mol. The van der Waals surface area contributed by atoms with Crippen molar-refractivity contribution in [1.29, 1.82) is 5.26 Å². The largest absolute Gasteiger partial charge is 0.478 e. The molecule has 0 radical (unpaired) electrons. The number of carboxylic acids is 1. The number of rotatable bonds is 4. The first kappa shape index (κ1) is 12.8. The molecule has 0 amide bonds. The smallest absolute Gasteiger partial charge is 0.337 e. The Morgan fingerprint density at radius 1 is 1.65 bits per heavy atom. The number of nitriles is 1. The standard InChI is InChI=1S/C12H15N3O2/c1-8(5-6-13)15(2)9-3-4-11(14)10(7-9)12(16)17/h3-4,7-8H,5,14H2,1-2H3,(H,16,17). The number of hydrogen-bond acceptors (Lipinski definition) is 4. The minimum absolute atomic E-state index is 0.0188. The third kappa shape index (κ3) is 2.88. The zero-order chi connectivity index (χ0) is 13.0. The maximum absolute atomic E-state index is 10.9. The Morgan fingerprint density at radius 2 is 2.29 bits per heavy atom. The van der Waals surface area contributed by atoms with Crippen LogP contribution in [0.1, 0.15) is 23.7 Å². The molecule has 1 unspecified atom stereocenters. The third-order valence-corrected chi connectivity index (χ3v) is 2.72. The van der Waals surface area contributed by atoms with E-state index in [1.807, 2.05) is 18.9 Å². The maximum Gasteiger partial charge on any atom is 0.337 e. The van der Waals surface area contributed by atoms with E-state index in [2.05, 4.69) is 6.07 Å². The Balaban J connectivity index is 3.04. The zero-order valence-electron chi connectivity index (χ0n) is 9.84. The van der Waals surface area contributed by atoms with Gasteiger partial charge in [-0.2, -0.15) is 5.26 Å². The second-order valence-electron chi connectivity index (χ2n) is 3.90. The summed E-state index contributed by atoms with van der Waals surface area (Å²) >= 11 is 0. The highest BCUT2D eigenvalue weighted by atomic mass is 16.4. The van der Waals surface area contributed by atoms with Crippen molar-refractivity contribution in [2.45, 2.75) is 19.4 Å². The number of carbonyl (C=O) groups is 1. The summed E-state index contributed by atoms with van der Waals surface area (Å²) in [5, 5.41) is 17.6. The fourth-order valence-electron chi connectivity index (χ4n) is 1.47. The number of hydrogen-bond donors (Lipinski definition) is 2. The second-order valence-corrected chi connectivity index (χ2v) is 3.90. The van der Waals surface area contributed by atoms with Crippen molar-refractivity contribution in [2.75, 3.05) is 17.7 Å². The molecule has 0 aliphatic heterocycles. The van der Waals surface area contributed by atoms with Crippen LogP contribution in [0.25, 0.3) is 0 Å². The summed E-state index contributed by atoms with van der Waals surface area (Å²) in [6, 6.07) is 6.93. The molecule has 0 aromatic heterocycles. The molecule has 1 aromatic carbocycles. The molecule has 0 saturated carbocycles. The summed E-state index contributed by atoms with van der Waals surface area (Å²) in [7, 11) is 1.82. The maximum atomic E-state index is 10.9. The molecule has 1 rings (SSSR count). The minimum atomic E-state index is -1.05. The molecule has 0 saturated heterocycles. The molecule has 1 atom stereocenters. The highest BCUT2D eigenvalue weighted by Crippen LogP contribution is 2.22. The van der Waals surface area contributed by atoms with Crippen LogP contribution in [-0.2, 0) is 0 Å². The molecule has 0 fully saturated rings. The van der Waals surface area contributed by atoms with E-state index in [-0.39, 0.29) is 17.3 Å². The SMILES string of the molecule is CC(CC#N)N(C)c1ccc(N)c(C(=O)O)c1. The van der Waals surface area contributed by atoms with E-state index in [1.54, 1.807) is 12.1 Å². The lowest BCUT2D eigenvalue weighted by atomic mass is 10.1. The summed E-state index contributed by atoms with van der Waals surface area (Å²) in [5.74, 6) is -1.05. The molecule has 17 heavy (non-hydrogen) atoms. The lowest BCUT2D eigenvalue weighted by Crippen LogP contribution is -2.28. The molecule has 5 heteroatoms. The van der Waals surface area contributed by atoms with E-state index >= 15 is 0 Å². The number of carboxylic acid groups (broad SMARTS) is 1. The van der Waals surface area contributed by atoms with Crippen LogP contribution in [0.3, 0.4) is 0 Å². The number of benzene rings is 1. The van der Waals surface area contributed by atoms with Crippen LogP contribution in [0.4, 0.5) is 11.4 Å². The third-order valence-electron chi connectivity index (χ3n) is 2.72. The first-order valence-corrected chi connectivity index (χ1v) is 5.20. The van der Waals surface area contributed by atoms with E-state index in [0.29, 0.717) is 6.42 Å². The molecular formula is C12H15N3O2. The Hall–Kier alpha value is -2.22. The molecule has 1 aromatic rings. The molecule has 3 N–H and O–H groups in total. The number of anilines is 2. The monoisotopic (exact) mass is 233 g/mol. The molecular weight excluding hydrogens is 218 g/mol. The van der Waals surface area contributed by atoms with Gasteiger partial charge in [0.1, 0.15) is 0 Å². The van der Waals surface area contributed by atoms with Gasteiger partial charge in [-0.3, -0.25) is 0 Å².